The maximum Gasteiger partial charge on any atom is 0.319 e. The van der Waals surface area contributed by atoms with E-state index in [1.54, 1.807) is 19.0 Å². The first kappa shape index (κ1) is 15.8. The van der Waals surface area contributed by atoms with E-state index in [9.17, 15) is 14.7 Å². The molecule has 2 fully saturated rings. The van der Waals surface area contributed by atoms with Gasteiger partial charge >= 0.3 is 12.0 Å². The van der Waals surface area contributed by atoms with Crippen LogP contribution in [-0.2, 0) is 11.2 Å². The number of benzene rings is 1. The summed E-state index contributed by atoms with van der Waals surface area (Å²) in [7, 11) is 3.51. The van der Waals surface area contributed by atoms with Gasteiger partial charge in [0.1, 0.15) is 0 Å². The normalized spacial score (nSPS) is 29.4. The molecule has 1 unspecified atom stereocenters. The van der Waals surface area contributed by atoms with Gasteiger partial charge in [-0.25, -0.2) is 4.79 Å². The number of hydrogen-bond acceptors (Lipinski definition) is 2. The summed E-state index contributed by atoms with van der Waals surface area (Å²) in [6, 6.07) is 9.89. The molecule has 0 bridgehead atoms. The van der Waals surface area contributed by atoms with E-state index in [-0.39, 0.29) is 6.03 Å². The molecule has 0 aromatic heterocycles. The van der Waals surface area contributed by atoms with Gasteiger partial charge in [-0.05, 0) is 36.7 Å². The second kappa shape index (κ2) is 5.87. The van der Waals surface area contributed by atoms with Crippen LogP contribution in [0.3, 0.4) is 0 Å². The van der Waals surface area contributed by atoms with Gasteiger partial charge in [0.2, 0.25) is 0 Å². The lowest BCUT2D eigenvalue weighted by molar-refractivity contribution is -0.149. The van der Waals surface area contributed by atoms with Crippen LogP contribution < -0.4 is 0 Å². The molecule has 1 N–H and O–H groups in total. The molecule has 1 saturated carbocycles. The van der Waals surface area contributed by atoms with E-state index in [2.05, 4.69) is 0 Å². The summed E-state index contributed by atoms with van der Waals surface area (Å²) in [6.07, 6.45) is 1.91. The van der Waals surface area contributed by atoms with Crippen LogP contribution in [0.2, 0.25) is 0 Å². The second-order valence-electron chi connectivity index (χ2n) is 7.26. The van der Waals surface area contributed by atoms with Crippen LogP contribution in [-0.4, -0.2) is 54.1 Å². The first-order valence-electron chi connectivity index (χ1n) is 8.15. The van der Waals surface area contributed by atoms with Gasteiger partial charge in [0.05, 0.1) is 5.41 Å². The molecule has 124 valence electrons. The van der Waals surface area contributed by atoms with Crippen molar-refractivity contribution in [3.05, 3.63) is 35.9 Å². The number of fused-ring (bicyclic) bond motifs is 1. The standard InChI is InChI=1S/C18H24N2O3/c1-19(2)17(23)20-11-14-9-18(16(21)22,10-15(14)12-20)8-13-6-4-3-5-7-13/h3-7,14-15H,8-12H2,1-2H3,(H,21,22)/t14-,15+,18?. The largest absolute Gasteiger partial charge is 0.481 e. The Hall–Kier alpha value is -2.04. The van der Waals surface area contributed by atoms with E-state index in [1.165, 1.54) is 0 Å². The molecule has 1 aliphatic carbocycles. The van der Waals surface area contributed by atoms with Crippen molar-refractivity contribution < 1.29 is 14.7 Å². The third kappa shape index (κ3) is 2.92. The van der Waals surface area contributed by atoms with Crippen molar-refractivity contribution in [2.75, 3.05) is 27.2 Å². The molecule has 1 aromatic carbocycles. The molecule has 5 nitrogen and oxygen atoms in total. The van der Waals surface area contributed by atoms with Crippen LogP contribution in [0.5, 0.6) is 0 Å². The number of urea groups is 1. The van der Waals surface area contributed by atoms with Crippen molar-refractivity contribution >= 4 is 12.0 Å². The highest BCUT2D eigenvalue weighted by atomic mass is 16.4. The fourth-order valence-electron chi connectivity index (χ4n) is 4.31. The molecule has 5 heteroatoms. The van der Waals surface area contributed by atoms with E-state index in [4.69, 9.17) is 0 Å². The highest BCUT2D eigenvalue weighted by Gasteiger charge is 2.53. The zero-order chi connectivity index (χ0) is 16.6. The fourth-order valence-corrected chi connectivity index (χ4v) is 4.31. The third-order valence-electron chi connectivity index (χ3n) is 5.37. The van der Waals surface area contributed by atoms with Crippen LogP contribution in [0.25, 0.3) is 0 Å². The maximum atomic E-state index is 12.1. The van der Waals surface area contributed by atoms with Gasteiger partial charge in [0, 0.05) is 27.2 Å². The van der Waals surface area contributed by atoms with Crippen LogP contribution in [0, 0.1) is 17.3 Å². The minimum absolute atomic E-state index is 0.0309. The number of likely N-dealkylation sites (tertiary alicyclic amines) is 1. The summed E-state index contributed by atoms with van der Waals surface area (Å²) in [6.45, 7) is 1.37. The number of rotatable bonds is 3. The Morgan fingerprint density at radius 1 is 1.17 bits per heavy atom. The quantitative estimate of drug-likeness (QED) is 0.931. The highest BCUT2D eigenvalue weighted by molar-refractivity contribution is 5.77. The Morgan fingerprint density at radius 3 is 2.22 bits per heavy atom. The minimum Gasteiger partial charge on any atom is -0.481 e. The Morgan fingerprint density at radius 2 is 1.74 bits per heavy atom. The number of hydrogen-bond donors (Lipinski definition) is 1. The van der Waals surface area contributed by atoms with Gasteiger partial charge in [0.25, 0.3) is 0 Å². The van der Waals surface area contributed by atoms with E-state index in [0.29, 0.717) is 44.2 Å². The monoisotopic (exact) mass is 316 g/mol. The molecule has 1 aliphatic heterocycles. The van der Waals surface area contributed by atoms with Crippen LogP contribution in [0.4, 0.5) is 4.79 Å². The summed E-state index contributed by atoms with van der Waals surface area (Å²) in [5.41, 5.74) is 0.403. The molecule has 1 aromatic rings. The molecule has 2 aliphatic rings. The van der Waals surface area contributed by atoms with E-state index >= 15 is 0 Å². The minimum atomic E-state index is -0.693. The number of carbonyl (C=O) groups is 2. The number of aliphatic carboxylic acids is 1. The average molecular weight is 316 g/mol. The van der Waals surface area contributed by atoms with E-state index in [1.807, 2.05) is 35.2 Å². The van der Waals surface area contributed by atoms with Gasteiger partial charge in [0.15, 0.2) is 0 Å². The smallest absolute Gasteiger partial charge is 0.319 e. The molecule has 2 amide bonds. The van der Waals surface area contributed by atoms with E-state index in [0.717, 1.165) is 5.56 Å². The Balaban J connectivity index is 1.73. The predicted molar refractivity (Wildman–Crippen MR) is 87.1 cm³/mol. The SMILES string of the molecule is CN(C)C(=O)N1C[C@@H]2CC(Cc3ccccc3)(C(=O)O)C[C@@H]2C1. The van der Waals surface area contributed by atoms with Crippen molar-refractivity contribution in [2.45, 2.75) is 19.3 Å². The first-order valence-corrected chi connectivity index (χ1v) is 8.15. The number of carbonyl (C=O) groups excluding carboxylic acids is 1. The number of amides is 2. The molecule has 0 radical (unpaired) electrons. The second-order valence-corrected chi connectivity index (χ2v) is 7.26. The van der Waals surface area contributed by atoms with E-state index < -0.39 is 11.4 Å². The van der Waals surface area contributed by atoms with Gasteiger partial charge in [-0.1, -0.05) is 30.3 Å². The average Bonchev–Trinajstić information content (AvgIpc) is 3.03. The summed E-state index contributed by atoms with van der Waals surface area (Å²) in [5.74, 6) is -0.0846. The van der Waals surface area contributed by atoms with Crippen molar-refractivity contribution in [1.29, 1.82) is 0 Å². The number of carboxylic acid groups (broad SMARTS) is 1. The number of nitrogens with zero attached hydrogens (tertiary/aromatic N) is 2. The third-order valence-corrected chi connectivity index (χ3v) is 5.37. The molecule has 0 spiro atoms. The maximum absolute atomic E-state index is 12.1. The Kier molecular flexibility index (Phi) is 4.04. The van der Waals surface area contributed by atoms with Crippen LogP contribution >= 0.6 is 0 Å². The Labute approximate surface area is 136 Å². The van der Waals surface area contributed by atoms with Gasteiger partial charge in [-0.2, -0.15) is 0 Å². The topological polar surface area (TPSA) is 60.9 Å². The lowest BCUT2D eigenvalue weighted by atomic mass is 9.78. The van der Waals surface area contributed by atoms with Gasteiger partial charge in [-0.15, -0.1) is 0 Å². The summed E-state index contributed by atoms with van der Waals surface area (Å²) >= 11 is 0. The zero-order valence-electron chi connectivity index (χ0n) is 13.7. The molecule has 23 heavy (non-hydrogen) atoms. The molecular formula is C18H24N2O3. The van der Waals surface area contributed by atoms with Crippen LogP contribution in [0.1, 0.15) is 18.4 Å². The van der Waals surface area contributed by atoms with Crippen molar-refractivity contribution in [2.24, 2.45) is 17.3 Å². The zero-order valence-corrected chi connectivity index (χ0v) is 13.7. The lowest BCUT2D eigenvalue weighted by Crippen LogP contribution is -2.40. The summed E-state index contributed by atoms with van der Waals surface area (Å²) in [4.78, 5) is 27.5. The number of carboxylic acids is 1. The van der Waals surface area contributed by atoms with Crippen LogP contribution in [0.15, 0.2) is 30.3 Å². The fraction of sp³-hybridized carbons (Fsp3) is 0.556. The van der Waals surface area contributed by atoms with Crippen molar-refractivity contribution in [3.8, 4) is 0 Å². The molecule has 3 rings (SSSR count). The Bertz CT molecular complexity index is 586. The molecule has 1 heterocycles. The van der Waals surface area contributed by atoms with Gasteiger partial charge in [-0.3, -0.25) is 4.79 Å². The highest BCUT2D eigenvalue weighted by Crippen LogP contribution is 2.51. The predicted octanol–water partition coefficient (Wildman–Crippen LogP) is 2.32. The van der Waals surface area contributed by atoms with Gasteiger partial charge < -0.3 is 14.9 Å². The summed E-state index contributed by atoms with van der Waals surface area (Å²) in [5, 5.41) is 9.85. The van der Waals surface area contributed by atoms with Crippen molar-refractivity contribution in [1.82, 2.24) is 9.80 Å². The molecule has 1 saturated heterocycles. The first-order chi connectivity index (χ1) is 10.9. The molecule has 3 atom stereocenters. The van der Waals surface area contributed by atoms with Crippen molar-refractivity contribution in [3.63, 3.8) is 0 Å². The molecular weight excluding hydrogens is 292 g/mol. The summed E-state index contributed by atoms with van der Waals surface area (Å²) < 4.78 is 0. The lowest BCUT2D eigenvalue weighted by Gasteiger charge is -2.28.